The van der Waals surface area contributed by atoms with Crippen LogP contribution in [-0.2, 0) is 14.3 Å². The van der Waals surface area contributed by atoms with Crippen LogP contribution in [0.25, 0.3) is 0 Å². The van der Waals surface area contributed by atoms with E-state index in [-0.39, 0.29) is 5.41 Å². The zero-order valence-corrected chi connectivity index (χ0v) is 23.5. The van der Waals surface area contributed by atoms with Crippen LogP contribution in [-0.4, -0.2) is 27.6 Å². The van der Waals surface area contributed by atoms with Gasteiger partial charge in [-0.15, -0.1) is 0 Å². The van der Waals surface area contributed by atoms with Gasteiger partial charge in [0.05, 0.1) is 4.75 Å². The van der Waals surface area contributed by atoms with Crippen LogP contribution in [0.15, 0.2) is 22.6 Å². The molecule has 0 aromatic rings. The molecule has 180 valence electrons. The summed E-state index contributed by atoms with van der Waals surface area (Å²) in [6, 6.07) is 3.63. The van der Waals surface area contributed by atoms with Crippen molar-refractivity contribution in [2.24, 2.45) is 17.3 Å². The summed E-state index contributed by atoms with van der Waals surface area (Å²) in [6.07, 6.45) is 10.4. The van der Waals surface area contributed by atoms with Crippen LogP contribution in [0.5, 0.6) is 0 Å². The monoisotopic (exact) mass is 468 g/mol. The smallest absolute Gasteiger partial charge is 0.192 e. The molecule has 0 spiro atoms. The molecule has 0 amide bonds. The summed E-state index contributed by atoms with van der Waals surface area (Å²) in [5.41, 5.74) is 1.74. The molecule has 0 aromatic carbocycles. The minimum Gasteiger partial charge on any atom is -0.414 e. The van der Waals surface area contributed by atoms with Crippen molar-refractivity contribution in [1.82, 2.24) is 0 Å². The van der Waals surface area contributed by atoms with Crippen LogP contribution in [0.4, 0.5) is 0 Å². The number of fused-ring (bicyclic) bond motifs is 1. The van der Waals surface area contributed by atoms with Crippen LogP contribution in [0.1, 0.15) is 94.4 Å². The lowest BCUT2D eigenvalue weighted by molar-refractivity contribution is 0.0177. The summed E-state index contributed by atoms with van der Waals surface area (Å²) in [5.74, 6) is 0.947. The Hall–Kier alpha value is -0.393. The van der Waals surface area contributed by atoms with E-state index in [9.17, 15) is 8.42 Å². The fourth-order valence-corrected chi connectivity index (χ4v) is 10.2. The first kappa shape index (κ1) is 26.9. The fraction of sp³-hybridized carbons (Fsp3) is 0.846. The fourth-order valence-electron chi connectivity index (χ4n) is 6.01. The molecule has 0 unspecified atom stereocenters. The molecule has 1 saturated carbocycles. The van der Waals surface area contributed by atoms with Crippen molar-refractivity contribution in [3.63, 3.8) is 0 Å². The number of sulfone groups is 1. The highest BCUT2D eigenvalue weighted by Gasteiger charge is 2.50. The third-order valence-electron chi connectivity index (χ3n) is 8.56. The van der Waals surface area contributed by atoms with Gasteiger partial charge in [0.2, 0.25) is 0 Å². The average molecular weight is 469 g/mol. The molecular formula is C26H48O3SSi. The van der Waals surface area contributed by atoms with E-state index in [0.29, 0.717) is 22.8 Å². The minimum absolute atomic E-state index is 0.197. The first-order valence-corrected chi connectivity index (χ1v) is 16.6. The van der Waals surface area contributed by atoms with Crippen molar-refractivity contribution in [2.45, 2.75) is 123 Å². The Morgan fingerprint density at radius 3 is 2.35 bits per heavy atom. The van der Waals surface area contributed by atoms with Gasteiger partial charge in [-0.05, 0) is 88.8 Å². The molecule has 0 aromatic heterocycles. The topological polar surface area (TPSA) is 43.4 Å². The lowest BCUT2D eigenvalue weighted by Crippen LogP contribution is -2.48. The number of rotatable bonds is 9. The lowest BCUT2D eigenvalue weighted by Gasteiger charge is -2.48. The summed E-state index contributed by atoms with van der Waals surface area (Å²) in [7, 11) is -4.86. The lowest BCUT2D eigenvalue weighted by atomic mass is 9.63. The highest BCUT2D eigenvalue weighted by atomic mass is 32.2. The Bertz CT molecular complexity index is 778. The summed E-state index contributed by atoms with van der Waals surface area (Å²) in [6.45, 7) is 18.8. The van der Waals surface area contributed by atoms with E-state index in [4.69, 9.17) is 4.43 Å². The summed E-state index contributed by atoms with van der Waals surface area (Å²) >= 11 is 0. The largest absolute Gasteiger partial charge is 0.414 e. The first-order valence-electron chi connectivity index (χ1n) is 12.6. The van der Waals surface area contributed by atoms with E-state index in [2.05, 4.69) is 40.7 Å². The average Bonchev–Trinajstić information content (AvgIpc) is 3.07. The van der Waals surface area contributed by atoms with Gasteiger partial charge in [-0.2, -0.15) is 0 Å². The van der Waals surface area contributed by atoms with Crippen molar-refractivity contribution in [1.29, 1.82) is 0 Å². The Morgan fingerprint density at radius 1 is 1.26 bits per heavy atom. The van der Waals surface area contributed by atoms with E-state index in [1.165, 1.54) is 37.4 Å². The Kier molecular flexibility index (Phi) is 8.53. The third-order valence-corrected chi connectivity index (χ3v) is 15.9. The molecule has 31 heavy (non-hydrogen) atoms. The second-order valence-electron chi connectivity index (χ2n) is 11.3. The molecule has 1 fully saturated rings. The van der Waals surface area contributed by atoms with Gasteiger partial charge in [-0.25, -0.2) is 8.42 Å². The predicted octanol–water partition coefficient (Wildman–Crippen LogP) is 7.66. The predicted molar refractivity (Wildman–Crippen MR) is 136 cm³/mol. The van der Waals surface area contributed by atoms with Gasteiger partial charge in [-0.3, -0.25) is 0 Å². The Labute approximate surface area is 194 Å². The zero-order chi connectivity index (χ0) is 23.7. The second-order valence-corrected chi connectivity index (χ2v) is 18.9. The molecule has 2 rings (SSSR count). The molecule has 3 nitrogen and oxygen atoms in total. The molecule has 0 N–H and O–H groups in total. The Morgan fingerprint density at radius 2 is 1.84 bits per heavy atom. The highest BCUT2D eigenvalue weighted by Crippen LogP contribution is 2.56. The zero-order valence-electron chi connectivity index (χ0n) is 21.7. The highest BCUT2D eigenvalue weighted by molar-refractivity contribution is 7.96. The van der Waals surface area contributed by atoms with Crippen LogP contribution in [0.2, 0.25) is 18.1 Å². The van der Waals surface area contributed by atoms with E-state index >= 15 is 0 Å². The van der Waals surface area contributed by atoms with Gasteiger partial charge < -0.3 is 4.43 Å². The Balaban J connectivity index is 2.17. The van der Waals surface area contributed by atoms with Crippen molar-refractivity contribution in [2.75, 3.05) is 0 Å². The van der Waals surface area contributed by atoms with Crippen LogP contribution in [0, 0.1) is 17.3 Å². The molecular weight excluding hydrogens is 420 g/mol. The maximum Gasteiger partial charge on any atom is 0.192 e. The standard InChI is InChI=1S/C26H48O3SSi/c1-10-31(11-2,12-3)29-24-14-13-19-26(9)22(17-18-23(24)26)20(4)15-16-21(5)30(27,28)25(6,7)8/h16-17,20,23-24H,10-15,18-19H2,1-9H3/b21-16+/t20-,23+,24+,26-/m1/s1. The van der Waals surface area contributed by atoms with Crippen molar-refractivity contribution in [3.8, 4) is 0 Å². The van der Waals surface area contributed by atoms with Gasteiger partial charge >= 0.3 is 0 Å². The molecule has 5 heteroatoms. The quantitative estimate of drug-likeness (QED) is 0.258. The van der Waals surface area contributed by atoms with E-state index in [1.54, 1.807) is 33.3 Å². The normalized spacial score (nSPS) is 28.9. The van der Waals surface area contributed by atoms with E-state index in [1.807, 2.05) is 6.08 Å². The maximum atomic E-state index is 12.7. The number of hydrogen-bond acceptors (Lipinski definition) is 3. The number of allylic oxidation sites excluding steroid dienone is 4. The van der Waals surface area contributed by atoms with Crippen LogP contribution < -0.4 is 0 Å². The number of hydrogen-bond donors (Lipinski definition) is 0. The summed E-state index contributed by atoms with van der Waals surface area (Å²) in [5, 5.41) is 0. The van der Waals surface area contributed by atoms with Gasteiger partial charge in [0, 0.05) is 11.0 Å². The minimum atomic E-state index is -3.25. The van der Waals surface area contributed by atoms with Gasteiger partial charge in [0.25, 0.3) is 0 Å². The second kappa shape index (κ2) is 9.85. The van der Waals surface area contributed by atoms with Crippen molar-refractivity contribution in [3.05, 3.63) is 22.6 Å². The molecule has 0 bridgehead atoms. The summed E-state index contributed by atoms with van der Waals surface area (Å²) < 4.78 is 31.8. The molecule has 0 saturated heterocycles. The molecule has 2 aliphatic carbocycles. The van der Waals surface area contributed by atoms with Crippen LogP contribution >= 0.6 is 0 Å². The molecule has 0 radical (unpaired) electrons. The molecule has 2 aliphatic rings. The molecule has 0 heterocycles. The molecule has 4 atom stereocenters. The van der Waals surface area contributed by atoms with Gasteiger partial charge in [0.1, 0.15) is 0 Å². The maximum absolute atomic E-state index is 12.7. The van der Waals surface area contributed by atoms with Crippen molar-refractivity contribution < 1.29 is 12.8 Å². The van der Waals surface area contributed by atoms with E-state index in [0.717, 1.165) is 12.8 Å². The molecule has 0 aliphatic heterocycles. The van der Waals surface area contributed by atoms with Crippen molar-refractivity contribution >= 4 is 18.2 Å². The summed E-state index contributed by atoms with van der Waals surface area (Å²) in [4.78, 5) is 0.515. The van der Waals surface area contributed by atoms with Crippen LogP contribution in [0.3, 0.4) is 0 Å². The SMILES string of the molecule is CC[Si](CC)(CC)O[C@H]1CCC[C@]2(C)C([C@H](C)C/C=C(\C)S(=O)(=O)C(C)(C)C)=CC[C@@H]12. The third kappa shape index (κ3) is 5.24. The van der Waals surface area contributed by atoms with Gasteiger partial charge in [-0.1, -0.05) is 58.8 Å². The van der Waals surface area contributed by atoms with E-state index < -0.39 is 22.9 Å². The first-order chi connectivity index (χ1) is 14.3. The van der Waals surface area contributed by atoms with Gasteiger partial charge in [0.15, 0.2) is 18.2 Å².